The zero-order chi connectivity index (χ0) is 22.4. The van der Waals surface area contributed by atoms with Crippen LogP contribution >= 0.6 is 0 Å². The average molecular weight is 450 g/mol. The second-order valence-electron chi connectivity index (χ2n) is 9.20. The molecule has 2 fully saturated rings. The Bertz CT molecular complexity index is 1260. The Kier molecular flexibility index (Phi) is 5.04. The smallest absolute Gasteiger partial charge is 0.262 e. The predicted molar refractivity (Wildman–Crippen MR) is 121 cm³/mol. The number of likely N-dealkylation sites (tertiary alicyclic amines) is 1. The number of para-hydroxylation sites is 1. The lowest BCUT2D eigenvalue weighted by molar-refractivity contribution is 0.0700. The third kappa shape index (κ3) is 3.55. The standard InChI is InChI=1S/C24H27N5O4/c30-23-18-12-25-29(16-7-2-1-3-8-16)22(18)26-21(27-23)15-6-5-11-28(13-15)24(31)17-9-4-10-19-20(17)33-14-32-19/h4,9-10,12,15-16H,1-3,5-8,11,13-14H2,(H,26,27,30). The molecule has 0 spiro atoms. The minimum atomic E-state index is -0.160. The zero-order valence-electron chi connectivity index (χ0n) is 18.5. The van der Waals surface area contributed by atoms with E-state index in [9.17, 15) is 9.59 Å². The fraction of sp³-hybridized carbons (Fsp3) is 0.500. The molecule has 1 atom stereocenters. The van der Waals surface area contributed by atoms with Gasteiger partial charge < -0.3 is 19.4 Å². The van der Waals surface area contributed by atoms with Crippen molar-refractivity contribution in [1.82, 2.24) is 24.6 Å². The largest absolute Gasteiger partial charge is 0.454 e. The van der Waals surface area contributed by atoms with E-state index in [0.717, 1.165) is 25.7 Å². The van der Waals surface area contributed by atoms with Gasteiger partial charge in [-0.15, -0.1) is 0 Å². The van der Waals surface area contributed by atoms with E-state index in [0.29, 0.717) is 53.1 Å². The molecule has 9 heteroatoms. The molecular weight excluding hydrogens is 422 g/mol. The van der Waals surface area contributed by atoms with Gasteiger partial charge in [-0.2, -0.15) is 5.10 Å². The molecule has 1 aliphatic carbocycles. The van der Waals surface area contributed by atoms with Gasteiger partial charge in [-0.3, -0.25) is 9.59 Å². The topological polar surface area (TPSA) is 102 Å². The summed E-state index contributed by atoms with van der Waals surface area (Å²) in [6, 6.07) is 5.68. The van der Waals surface area contributed by atoms with Crippen LogP contribution in [0.3, 0.4) is 0 Å². The number of nitrogens with zero attached hydrogens (tertiary/aromatic N) is 4. The molecule has 9 nitrogen and oxygen atoms in total. The molecule has 1 unspecified atom stereocenters. The molecule has 1 N–H and O–H groups in total. The first-order valence-electron chi connectivity index (χ1n) is 11.8. The summed E-state index contributed by atoms with van der Waals surface area (Å²) in [4.78, 5) is 35.8. The number of carbonyl (C=O) groups excluding carboxylic acids is 1. The fourth-order valence-corrected chi connectivity index (χ4v) is 5.39. The number of hydrogen-bond acceptors (Lipinski definition) is 6. The first-order valence-corrected chi connectivity index (χ1v) is 11.8. The van der Waals surface area contributed by atoms with E-state index in [-0.39, 0.29) is 24.2 Å². The number of carbonyl (C=O) groups is 1. The normalized spacial score (nSPS) is 21.0. The first kappa shape index (κ1) is 20.3. The molecule has 3 aromatic rings. The van der Waals surface area contributed by atoms with E-state index in [1.807, 2.05) is 15.6 Å². The van der Waals surface area contributed by atoms with Gasteiger partial charge in [0.15, 0.2) is 17.1 Å². The van der Waals surface area contributed by atoms with E-state index in [1.54, 1.807) is 18.3 Å². The monoisotopic (exact) mass is 449 g/mol. The van der Waals surface area contributed by atoms with Gasteiger partial charge in [0.1, 0.15) is 11.2 Å². The van der Waals surface area contributed by atoms with Gasteiger partial charge in [0.2, 0.25) is 6.79 Å². The van der Waals surface area contributed by atoms with Crippen molar-refractivity contribution in [3.63, 3.8) is 0 Å². The van der Waals surface area contributed by atoms with Crippen molar-refractivity contribution in [3.8, 4) is 11.5 Å². The Morgan fingerprint density at radius 2 is 1.97 bits per heavy atom. The number of hydrogen-bond donors (Lipinski definition) is 1. The maximum atomic E-state index is 13.3. The first-order chi connectivity index (χ1) is 16.2. The molecule has 3 aliphatic rings. The third-order valence-corrected chi connectivity index (χ3v) is 7.12. The highest BCUT2D eigenvalue weighted by Crippen LogP contribution is 2.37. The minimum absolute atomic E-state index is 0.0385. The van der Waals surface area contributed by atoms with Gasteiger partial charge in [0.05, 0.1) is 17.8 Å². The number of amides is 1. The highest BCUT2D eigenvalue weighted by atomic mass is 16.7. The molecule has 1 aromatic carbocycles. The molecule has 4 heterocycles. The molecule has 0 radical (unpaired) electrons. The summed E-state index contributed by atoms with van der Waals surface area (Å²) in [6.07, 6.45) is 9.09. The molecule has 0 bridgehead atoms. The van der Waals surface area contributed by atoms with Crippen molar-refractivity contribution >= 4 is 16.9 Å². The van der Waals surface area contributed by atoms with Crippen molar-refractivity contribution in [1.29, 1.82) is 0 Å². The SMILES string of the molecule is O=C(c1cccc2c1OCO2)N1CCCC(c2nc3c(cnn3C3CCCCC3)c(=O)[nH]2)C1. The number of aromatic amines is 1. The summed E-state index contributed by atoms with van der Waals surface area (Å²) in [5, 5.41) is 5.06. The van der Waals surface area contributed by atoms with Crippen LogP contribution < -0.4 is 15.0 Å². The third-order valence-electron chi connectivity index (χ3n) is 7.12. The van der Waals surface area contributed by atoms with Gasteiger partial charge in [-0.05, 0) is 37.8 Å². The Labute approximate surface area is 190 Å². The van der Waals surface area contributed by atoms with Crippen LogP contribution in [0.15, 0.2) is 29.2 Å². The van der Waals surface area contributed by atoms with Crippen molar-refractivity contribution in [2.45, 2.75) is 56.9 Å². The van der Waals surface area contributed by atoms with Crippen LogP contribution in [0.4, 0.5) is 0 Å². The summed E-state index contributed by atoms with van der Waals surface area (Å²) in [5.74, 6) is 1.62. The van der Waals surface area contributed by atoms with Gasteiger partial charge in [-0.25, -0.2) is 9.67 Å². The van der Waals surface area contributed by atoms with Crippen molar-refractivity contribution in [2.75, 3.05) is 19.9 Å². The summed E-state index contributed by atoms with van der Waals surface area (Å²) >= 11 is 0. The molecule has 33 heavy (non-hydrogen) atoms. The lowest BCUT2D eigenvalue weighted by Crippen LogP contribution is -2.40. The molecule has 2 aromatic heterocycles. The van der Waals surface area contributed by atoms with Gasteiger partial charge in [0.25, 0.3) is 11.5 Å². The van der Waals surface area contributed by atoms with E-state index in [4.69, 9.17) is 14.5 Å². The van der Waals surface area contributed by atoms with Crippen LogP contribution in [0.2, 0.25) is 0 Å². The van der Waals surface area contributed by atoms with E-state index in [1.165, 1.54) is 19.3 Å². The number of H-pyrrole nitrogens is 1. The molecular formula is C24H27N5O4. The lowest BCUT2D eigenvalue weighted by atomic mass is 9.95. The number of nitrogens with one attached hydrogen (secondary N) is 1. The second kappa shape index (κ2) is 8.20. The lowest BCUT2D eigenvalue weighted by Gasteiger charge is -2.32. The summed E-state index contributed by atoms with van der Waals surface area (Å²) in [6.45, 7) is 1.28. The zero-order valence-corrected chi connectivity index (χ0v) is 18.5. The van der Waals surface area contributed by atoms with E-state index in [2.05, 4.69) is 10.1 Å². The summed E-state index contributed by atoms with van der Waals surface area (Å²) in [5.41, 5.74) is 1.01. The Morgan fingerprint density at radius 1 is 1.09 bits per heavy atom. The number of piperidine rings is 1. The summed E-state index contributed by atoms with van der Waals surface area (Å²) < 4.78 is 12.9. The Balaban J connectivity index is 1.29. The number of ether oxygens (including phenoxy) is 2. The van der Waals surface area contributed by atoms with E-state index >= 15 is 0 Å². The molecule has 1 saturated carbocycles. The number of benzene rings is 1. The van der Waals surface area contributed by atoms with Crippen LogP contribution in [-0.4, -0.2) is 50.4 Å². The number of rotatable bonds is 3. The Morgan fingerprint density at radius 3 is 2.85 bits per heavy atom. The summed E-state index contributed by atoms with van der Waals surface area (Å²) in [7, 11) is 0. The van der Waals surface area contributed by atoms with Crippen LogP contribution in [0.5, 0.6) is 11.5 Å². The van der Waals surface area contributed by atoms with Gasteiger partial charge >= 0.3 is 0 Å². The van der Waals surface area contributed by atoms with Crippen LogP contribution in [0.25, 0.3) is 11.0 Å². The van der Waals surface area contributed by atoms with Crippen LogP contribution in [-0.2, 0) is 0 Å². The van der Waals surface area contributed by atoms with E-state index < -0.39 is 0 Å². The highest BCUT2D eigenvalue weighted by molar-refractivity contribution is 5.98. The molecule has 1 saturated heterocycles. The van der Waals surface area contributed by atoms with Gasteiger partial charge in [-0.1, -0.05) is 25.3 Å². The Hall–Kier alpha value is -3.36. The van der Waals surface area contributed by atoms with Crippen molar-refractivity contribution in [3.05, 3.63) is 46.1 Å². The maximum Gasteiger partial charge on any atom is 0.262 e. The predicted octanol–water partition coefficient (Wildman–Crippen LogP) is 3.37. The highest BCUT2D eigenvalue weighted by Gasteiger charge is 2.31. The van der Waals surface area contributed by atoms with Crippen LogP contribution in [0, 0.1) is 0 Å². The second-order valence-corrected chi connectivity index (χ2v) is 9.20. The quantitative estimate of drug-likeness (QED) is 0.658. The molecule has 2 aliphatic heterocycles. The van der Waals surface area contributed by atoms with Crippen molar-refractivity contribution in [2.24, 2.45) is 0 Å². The minimum Gasteiger partial charge on any atom is -0.454 e. The fourth-order valence-electron chi connectivity index (χ4n) is 5.39. The molecule has 1 amide bonds. The maximum absolute atomic E-state index is 13.3. The number of fused-ring (bicyclic) bond motifs is 2. The number of aromatic nitrogens is 4. The average Bonchev–Trinajstić information content (AvgIpc) is 3.51. The molecule has 6 rings (SSSR count). The molecule has 172 valence electrons. The van der Waals surface area contributed by atoms with Crippen molar-refractivity contribution < 1.29 is 14.3 Å². The van der Waals surface area contributed by atoms with Gasteiger partial charge in [0, 0.05) is 19.0 Å². The van der Waals surface area contributed by atoms with Crippen LogP contribution in [0.1, 0.15) is 73.1 Å².